The third-order valence-electron chi connectivity index (χ3n) is 4.25. The molecule has 28 heavy (non-hydrogen) atoms. The Kier molecular flexibility index (Phi) is 5.03. The molecule has 0 radical (unpaired) electrons. The van der Waals surface area contributed by atoms with Crippen molar-refractivity contribution in [3.63, 3.8) is 0 Å². The predicted molar refractivity (Wildman–Crippen MR) is 110 cm³/mol. The number of hydrogen-bond acceptors (Lipinski definition) is 8. The van der Waals surface area contributed by atoms with Gasteiger partial charge in [0, 0.05) is 39.2 Å². The Morgan fingerprint density at radius 3 is 2.50 bits per heavy atom. The second-order valence-corrected chi connectivity index (χ2v) is 7.26. The van der Waals surface area contributed by atoms with Crippen LogP contribution in [-0.4, -0.2) is 34.2 Å². The number of thiophene rings is 1. The molecule has 0 saturated carbocycles. The first kappa shape index (κ1) is 18.1. The van der Waals surface area contributed by atoms with Crippen LogP contribution in [0.4, 0.5) is 5.82 Å². The van der Waals surface area contributed by atoms with Crippen LogP contribution in [0.5, 0.6) is 11.5 Å². The first-order valence-electron chi connectivity index (χ1n) is 8.66. The second kappa shape index (κ2) is 7.77. The van der Waals surface area contributed by atoms with E-state index in [1.165, 1.54) is 11.2 Å². The number of aryl methyl sites for hydroxylation is 1. The number of anilines is 1. The number of rotatable bonds is 6. The van der Waals surface area contributed by atoms with Gasteiger partial charge in [0.05, 0.1) is 26.3 Å². The van der Waals surface area contributed by atoms with Gasteiger partial charge >= 0.3 is 0 Å². The number of ether oxygens (including phenoxy) is 2. The summed E-state index contributed by atoms with van der Waals surface area (Å²) in [7, 11) is 3.23. The van der Waals surface area contributed by atoms with E-state index >= 15 is 0 Å². The normalized spacial score (nSPS) is 10.8. The first-order chi connectivity index (χ1) is 13.7. The highest BCUT2D eigenvalue weighted by Gasteiger charge is 2.12. The maximum absolute atomic E-state index is 5.43. The maximum Gasteiger partial charge on any atom is 0.162 e. The molecular weight excluding hydrogens is 374 g/mol. The summed E-state index contributed by atoms with van der Waals surface area (Å²) in [5.74, 6) is 2.75. The van der Waals surface area contributed by atoms with E-state index < -0.39 is 0 Å². The molecule has 3 heterocycles. The Bertz CT molecular complexity index is 1110. The summed E-state index contributed by atoms with van der Waals surface area (Å²) in [5.41, 5.74) is 1.82. The molecule has 0 aliphatic carbocycles. The summed E-state index contributed by atoms with van der Waals surface area (Å²) in [6.07, 6.45) is 5.17. The summed E-state index contributed by atoms with van der Waals surface area (Å²) in [4.78, 5) is 19.6. The highest BCUT2D eigenvalue weighted by atomic mass is 32.1. The van der Waals surface area contributed by atoms with Gasteiger partial charge in [-0.3, -0.25) is 0 Å². The number of nitrogens with zero attached hydrogens (tertiary/aromatic N) is 4. The van der Waals surface area contributed by atoms with E-state index in [4.69, 9.17) is 9.47 Å². The van der Waals surface area contributed by atoms with Crippen molar-refractivity contribution in [1.82, 2.24) is 19.9 Å². The number of aromatic nitrogens is 4. The third-order valence-corrected chi connectivity index (χ3v) is 5.38. The van der Waals surface area contributed by atoms with Crippen molar-refractivity contribution in [2.75, 3.05) is 19.5 Å². The highest BCUT2D eigenvalue weighted by molar-refractivity contribution is 7.15. The second-order valence-electron chi connectivity index (χ2n) is 6.09. The van der Waals surface area contributed by atoms with Gasteiger partial charge in [0.2, 0.25) is 0 Å². The van der Waals surface area contributed by atoms with Crippen LogP contribution in [0.25, 0.3) is 21.3 Å². The van der Waals surface area contributed by atoms with Crippen molar-refractivity contribution in [3.8, 4) is 21.9 Å². The molecule has 0 atom stereocenters. The Labute approximate surface area is 166 Å². The SMILES string of the molecule is COc1cc2nc(C)nc(NCc3ccc(-c4cncnc4)s3)c2cc1OC. The average molecular weight is 393 g/mol. The van der Waals surface area contributed by atoms with E-state index in [-0.39, 0.29) is 0 Å². The van der Waals surface area contributed by atoms with Crippen LogP contribution < -0.4 is 14.8 Å². The number of nitrogens with one attached hydrogen (secondary N) is 1. The fourth-order valence-corrected chi connectivity index (χ4v) is 3.85. The molecule has 0 saturated heterocycles. The lowest BCUT2D eigenvalue weighted by atomic mass is 10.2. The number of fused-ring (bicyclic) bond motifs is 1. The van der Waals surface area contributed by atoms with Gasteiger partial charge in [-0.15, -0.1) is 11.3 Å². The van der Waals surface area contributed by atoms with Crippen molar-refractivity contribution in [3.05, 3.63) is 53.7 Å². The molecule has 0 spiro atoms. The molecular formula is C20H19N5O2S. The van der Waals surface area contributed by atoms with Crippen molar-refractivity contribution in [1.29, 1.82) is 0 Å². The minimum absolute atomic E-state index is 0.645. The molecule has 0 aliphatic heterocycles. The summed E-state index contributed by atoms with van der Waals surface area (Å²) >= 11 is 1.70. The molecule has 0 bridgehead atoms. The minimum Gasteiger partial charge on any atom is -0.493 e. The van der Waals surface area contributed by atoms with Crippen molar-refractivity contribution >= 4 is 28.1 Å². The zero-order chi connectivity index (χ0) is 19.5. The zero-order valence-electron chi connectivity index (χ0n) is 15.8. The topological polar surface area (TPSA) is 82.1 Å². The summed E-state index contributed by atoms with van der Waals surface area (Å²) < 4.78 is 10.8. The number of hydrogen-bond donors (Lipinski definition) is 1. The third kappa shape index (κ3) is 3.59. The zero-order valence-corrected chi connectivity index (χ0v) is 16.6. The summed E-state index contributed by atoms with van der Waals surface area (Å²) in [6, 6.07) is 7.95. The minimum atomic E-state index is 0.645. The number of benzene rings is 1. The largest absolute Gasteiger partial charge is 0.493 e. The van der Waals surface area contributed by atoms with Crippen LogP contribution in [0.1, 0.15) is 10.7 Å². The molecule has 1 N–H and O–H groups in total. The standard InChI is InChI=1S/C20H19N5O2S/c1-12-24-16-7-18(27-3)17(26-2)6-15(16)20(25-12)23-10-14-4-5-19(28-14)13-8-21-11-22-9-13/h4-9,11H,10H2,1-3H3,(H,23,24,25). The quantitative estimate of drug-likeness (QED) is 0.528. The van der Waals surface area contributed by atoms with Gasteiger partial charge in [0.1, 0.15) is 18.0 Å². The Morgan fingerprint density at radius 1 is 1.00 bits per heavy atom. The number of methoxy groups -OCH3 is 2. The van der Waals surface area contributed by atoms with Gasteiger partial charge in [0.25, 0.3) is 0 Å². The van der Waals surface area contributed by atoms with Gasteiger partial charge in [0.15, 0.2) is 11.5 Å². The van der Waals surface area contributed by atoms with E-state index in [9.17, 15) is 0 Å². The molecule has 4 rings (SSSR count). The molecule has 3 aromatic heterocycles. The molecule has 0 unspecified atom stereocenters. The molecule has 1 aromatic carbocycles. The van der Waals surface area contributed by atoms with E-state index in [2.05, 4.69) is 37.4 Å². The van der Waals surface area contributed by atoms with E-state index in [1.807, 2.05) is 31.5 Å². The van der Waals surface area contributed by atoms with Gasteiger partial charge < -0.3 is 14.8 Å². The highest BCUT2D eigenvalue weighted by Crippen LogP contribution is 2.34. The van der Waals surface area contributed by atoms with Crippen LogP contribution in [0.2, 0.25) is 0 Å². The fraction of sp³-hybridized carbons (Fsp3) is 0.200. The van der Waals surface area contributed by atoms with Gasteiger partial charge in [-0.25, -0.2) is 19.9 Å². The van der Waals surface area contributed by atoms with Crippen molar-refractivity contribution < 1.29 is 9.47 Å². The predicted octanol–water partition coefficient (Wildman–Crippen LogP) is 4.09. The van der Waals surface area contributed by atoms with Crippen LogP contribution in [0.15, 0.2) is 43.0 Å². The van der Waals surface area contributed by atoms with Crippen LogP contribution in [0, 0.1) is 6.92 Å². The molecule has 7 nitrogen and oxygen atoms in total. The van der Waals surface area contributed by atoms with E-state index in [0.29, 0.717) is 23.9 Å². The molecule has 0 amide bonds. The summed E-state index contributed by atoms with van der Waals surface area (Å²) in [6.45, 7) is 2.53. The monoisotopic (exact) mass is 393 g/mol. The van der Waals surface area contributed by atoms with E-state index in [1.54, 1.807) is 25.6 Å². The van der Waals surface area contributed by atoms with Crippen molar-refractivity contribution in [2.45, 2.75) is 13.5 Å². The smallest absolute Gasteiger partial charge is 0.162 e. The summed E-state index contributed by atoms with van der Waals surface area (Å²) in [5, 5.41) is 4.32. The maximum atomic E-state index is 5.43. The fourth-order valence-electron chi connectivity index (χ4n) is 2.93. The lowest BCUT2D eigenvalue weighted by Crippen LogP contribution is -2.04. The molecule has 8 heteroatoms. The first-order valence-corrected chi connectivity index (χ1v) is 9.48. The lowest BCUT2D eigenvalue weighted by Gasteiger charge is -2.12. The molecule has 0 fully saturated rings. The van der Waals surface area contributed by atoms with Crippen LogP contribution in [-0.2, 0) is 6.54 Å². The van der Waals surface area contributed by atoms with Gasteiger partial charge in [-0.2, -0.15) is 0 Å². The van der Waals surface area contributed by atoms with Crippen molar-refractivity contribution in [2.24, 2.45) is 0 Å². The van der Waals surface area contributed by atoms with E-state index in [0.717, 1.165) is 27.2 Å². The molecule has 4 aromatic rings. The van der Waals surface area contributed by atoms with Gasteiger partial charge in [-0.05, 0) is 25.1 Å². The Balaban J connectivity index is 1.62. The van der Waals surface area contributed by atoms with Crippen LogP contribution >= 0.6 is 11.3 Å². The van der Waals surface area contributed by atoms with Crippen LogP contribution in [0.3, 0.4) is 0 Å². The van der Waals surface area contributed by atoms with Gasteiger partial charge in [-0.1, -0.05) is 0 Å². The molecule has 0 aliphatic rings. The Morgan fingerprint density at radius 2 is 1.75 bits per heavy atom. The average Bonchev–Trinajstić information content (AvgIpc) is 3.20. The molecule has 142 valence electrons. The Hall–Kier alpha value is -3.26. The lowest BCUT2D eigenvalue weighted by molar-refractivity contribution is 0.356.